The van der Waals surface area contributed by atoms with E-state index in [4.69, 9.17) is 0 Å². The van der Waals surface area contributed by atoms with Crippen molar-refractivity contribution in [3.8, 4) is 0 Å². The molecule has 0 amide bonds. The zero-order valence-corrected chi connectivity index (χ0v) is 12.6. The first-order valence-corrected chi connectivity index (χ1v) is 7.09. The highest BCUT2D eigenvalue weighted by Gasteiger charge is 2.14. The van der Waals surface area contributed by atoms with Gasteiger partial charge in [-0.3, -0.25) is 0 Å². The molecule has 1 unspecified atom stereocenters. The Kier molecular flexibility index (Phi) is 4.56. The summed E-state index contributed by atoms with van der Waals surface area (Å²) in [6, 6.07) is 11.7. The second-order valence-corrected chi connectivity index (χ2v) is 5.40. The highest BCUT2D eigenvalue weighted by molar-refractivity contribution is 5.38. The van der Waals surface area contributed by atoms with Crippen LogP contribution in [0.2, 0.25) is 0 Å². The maximum Gasteiger partial charge on any atom is 0.123 e. The van der Waals surface area contributed by atoms with E-state index >= 15 is 0 Å². The van der Waals surface area contributed by atoms with Gasteiger partial charge in [-0.05, 0) is 67.3 Å². The summed E-state index contributed by atoms with van der Waals surface area (Å²) >= 11 is 0. The zero-order valence-electron chi connectivity index (χ0n) is 12.6. The van der Waals surface area contributed by atoms with Gasteiger partial charge in [0.15, 0.2) is 0 Å². The predicted molar refractivity (Wildman–Crippen MR) is 82.6 cm³/mol. The van der Waals surface area contributed by atoms with Gasteiger partial charge >= 0.3 is 0 Å². The Morgan fingerprint density at radius 2 is 1.70 bits per heavy atom. The van der Waals surface area contributed by atoms with Crippen LogP contribution in [-0.2, 0) is 0 Å². The van der Waals surface area contributed by atoms with Crippen LogP contribution in [0.4, 0.5) is 4.39 Å². The molecule has 1 atom stereocenters. The van der Waals surface area contributed by atoms with Gasteiger partial charge in [0.2, 0.25) is 0 Å². The molecule has 1 nitrogen and oxygen atoms in total. The first-order chi connectivity index (χ1) is 9.51. The second-order valence-electron chi connectivity index (χ2n) is 5.40. The summed E-state index contributed by atoms with van der Waals surface area (Å²) in [4.78, 5) is 0. The lowest BCUT2D eigenvalue weighted by Gasteiger charge is -2.20. The van der Waals surface area contributed by atoms with Crippen LogP contribution in [0.3, 0.4) is 0 Å². The molecular formula is C18H22FN. The van der Waals surface area contributed by atoms with Gasteiger partial charge < -0.3 is 5.32 Å². The molecule has 0 aliphatic heterocycles. The average Bonchev–Trinajstić information content (AvgIpc) is 2.38. The minimum atomic E-state index is -0.174. The second kappa shape index (κ2) is 6.19. The summed E-state index contributed by atoms with van der Waals surface area (Å²) in [6.07, 6.45) is 0. The molecule has 0 aliphatic carbocycles. The summed E-state index contributed by atoms with van der Waals surface area (Å²) < 4.78 is 13.7. The van der Waals surface area contributed by atoms with Crippen LogP contribution in [0.25, 0.3) is 0 Å². The summed E-state index contributed by atoms with van der Waals surface area (Å²) in [6.45, 7) is 9.05. The topological polar surface area (TPSA) is 12.0 Å². The monoisotopic (exact) mass is 271 g/mol. The third-order valence-corrected chi connectivity index (χ3v) is 3.67. The fourth-order valence-electron chi connectivity index (χ4n) is 2.51. The number of benzene rings is 2. The van der Waals surface area contributed by atoms with E-state index in [1.807, 2.05) is 13.0 Å². The van der Waals surface area contributed by atoms with E-state index in [1.54, 1.807) is 12.1 Å². The SMILES string of the molecule is CCNC(c1cc(C)cc(F)c1)c1ccc(C)c(C)c1. The van der Waals surface area contributed by atoms with Crippen molar-refractivity contribution in [3.05, 3.63) is 70.0 Å². The van der Waals surface area contributed by atoms with Crippen LogP contribution in [0.15, 0.2) is 36.4 Å². The van der Waals surface area contributed by atoms with Crippen LogP contribution in [-0.4, -0.2) is 6.54 Å². The minimum Gasteiger partial charge on any atom is -0.307 e. The van der Waals surface area contributed by atoms with Crippen LogP contribution in [0.1, 0.15) is 40.8 Å². The van der Waals surface area contributed by atoms with E-state index in [1.165, 1.54) is 16.7 Å². The molecular weight excluding hydrogens is 249 g/mol. The van der Waals surface area contributed by atoms with Gasteiger partial charge in [-0.15, -0.1) is 0 Å². The quantitative estimate of drug-likeness (QED) is 0.866. The molecule has 0 radical (unpaired) electrons. The molecule has 2 aromatic rings. The van der Waals surface area contributed by atoms with Crippen molar-refractivity contribution in [2.45, 2.75) is 33.7 Å². The number of nitrogens with one attached hydrogen (secondary N) is 1. The first-order valence-electron chi connectivity index (χ1n) is 7.09. The van der Waals surface area contributed by atoms with Crippen molar-refractivity contribution < 1.29 is 4.39 Å². The third kappa shape index (κ3) is 3.26. The molecule has 2 rings (SSSR count). The van der Waals surface area contributed by atoms with E-state index in [9.17, 15) is 4.39 Å². The summed E-state index contributed by atoms with van der Waals surface area (Å²) in [5.74, 6) is -0.174. The number of rotatable bonds is 4. The lowest BCUT2D eigenvalue weighted by Crippen LogP contribution is -2.22. The molecule has 0 aliphatic rings. The minimum absolute atomic E-state index is 0.0358. The van der Waals surface area contributed by atoms with E-state index < -0.39 is 0 Å². The normalized spacial score (nSPS) is 12.4. The first kappa shape index (κ1) is 14.7. The van der Waals surface area contributed by atoms with Crippen molar-refractivity contribution in [2.24, 2.45) is 0 Å². The summed E-state index contributed by atoms with van der Waals surface area (Å²) in [5.41, 5.74) is 5.65. The van der Waals surface area contributed by atoms with Gasteiger partial charge in [0.1, 0.15) is 5.82 Å². The molecule has 106 valence electrons. The Bertz CT molecular complexity index is 584. The Balaban J connectivity index is 2.46. The molecule has 0 saturated heterocycles. The predicted octanol–water partition coefficient (Wildman–Crippen LogP) is 4.45. The Hall–Kier alpha value is -1.67. The van der Waals surface area contributed by atoms with E-state index in [0.717, 1.165) is 17.7 Å². The lowest BCUT2D eigenvalue weighted by atomic mass is 9.94. The molecule has 1 N–H and O–H groups in total. The van der Waals surface area contributed by atoms with Crippen molar-refractivity contribution in [1.29, 1.82) is 0 Å². The van der Waals surface area contributed by atoms with Gasteiger partial charge in [-0.25, -0.2) is 4.39 Å². The lowest BCUT2D eigenvalue weighted by molar-refractivity contribution is 0.601. The zero-order chi connectivity index (χ0) is 14.7. The molecule has 2 heteroatoms. The highest BCUT2D eigenvalue weighted by atomic mass is 19.1. The van der Waals surface area contributed by atoms with Crippen LogP contribution >= 0.6 is 0 Å². The Labute approximate surface area is 120 Å². The molecule has 0 bridgehead atoms. The van der Waals surface area contributed by atoms with Gasteiger partial charge in [-0.2, -0.15) is 0 Å². The maximum absolute atomic E-state index is 13.7. The van der Waals surface area contributed by atoms with Crippen molar-refractivity contribution >= 4 is 0 Å². The van der Waals surface area contributed by atoms with Crippen molar-refractivity contribution in [1.82, 2.24) is 5.32 Å². The van der Waals surface area contributed by atoms with Crippen LogP contribution in [0, 0.1) is 26.6 Å². The summed E-state index contributed by atoms with van der Waals surface area (Å²) in [5, 5.41) is 3.45. The number of hydrogen-bond acceptors (Lipinski definition) is 1. The van der Waals surface area contributed by atoms with E-state index in [2.05, 4.69) is 44.3 Å². The summed E-state index contributed by atoms with van der Waals surface area (Å²) in [7, 11) is 0. The van der Waals surface area contributed by atoms with Gasteiger partial charge in [0.25, 0.3) is 0 Å². The number of halogens is 1. The largest absolute Gasteiger partial charge is 0.307 e. The van der Waals surface area contributed by atoms with Gasteiger partial charge in [-0.1, -0.05) is 31.2 Å². The van der Waals surface area contributed by atoms with Gasteiger partial charge in [0, 0.05) is 0 Å². The molecule has 2 aromatic carbocycles. The van der Waals surface area contributed by atoms with E-state index in [-0.39, 0.29) is 11.9 Å². The van der Waals surface area contributed by atoms with E-state index in [0.29, 0.717) is 0 Å². The highest BCUT2D eigenvalue weighted by Crippen LogP contribution is 2.25. The Morgan fingerprint density at radius 1 is 0.950 bits per heavy atom. The van der Waals surface area contributed by atoms with Crippen LogP contribution < -0.4 is 5.32 Å². The Morgan fingerprint density at radius 3 is 2.30 bits per heavy atom. The fourth-order valence-corrected chi connectivity index (χ4v) is 2.51. The third-order valence-electron chi connectivity index (χ3n) is 3.67. The molecule has 0 heterocycles. The molecule has 0 fully saturated rings. The van der Waals surface area contributed by atoms with Crippen LogP contribution in [0.5, 0.6) is 0 Å². The maximum atomic E-state index is 13.7. The molecule has 0 spiro atoms. The average molecular weight is 271 g/mol. The molecule has 20 heavy (non-hydrogen) atoms. The smallest absolute Gasteiger partial charge is 0.123 e. The fraction of sp³-hybridized carbons (Fsp3) is 0.333. The molecule has 0 aromatic heterocycles. The van der Waals surface area contributed by atoms with Gasteiger partial charge in [0.05, 0.1) is 6.04 Å². The van der Waals surface area contributed by atoms with Crippen molar-refractivity contribution in [2.75, 3.05) is 6.54 Å². The standard InChI is InChI=1S/C18H22FN/c1-5-20-18(15-7-6-13(3)14(4)10-15)16-8-12(2)9-17(19)11-16/h6-11,18,20H,5H2,1-4H3. The number of aryl methyl sites for hydroxylation is 3. The molecule has 0 saturated carbocycles. The van der Waals surface area contributed by atoms with Crippen molar-refractivity contribution in [3.63, 3.8) is 0 Å². The number of hydrogen-bond donors (Lipinski definition) is 1.